The molecule has 0 atom stereocenters. The van der Waals surface area contributed by atoms with Gasteiger partial charge in [0.15, 0.2) is 0 Å². The molecule has 0 aliphatic carbocycles. The number of aryl methyl sites for hydroxylation is 3. The Labute approximate surface area is 183 Å². The third-order valence-corrected chi connectivity index (χ3v) is 7.61. The molecule has 0 saturated carbocycles. The van der Waals surface area contributed by atoms with E-state index in [1.54, 1.807) is 12.1 Å². The van der Waals surface area contributed by atoms with Crippen molar-refractivity contribution in [1.29, 1.82) is 0 Å². The molecule has 162 valence electrons. The second-order valence-corrected chi connectivity index (χ2v) is 10.2. The molecular formula is C24H27N3O3S. The van der Waals surface area contributed by atoms with Gasteiger partial charge in [0.25, 0.3) is 5.91 Å². The standard InChI is InChI=1S/C24H27N3O3S/c1-16-13-17(2)23-21(14-16)22(15-18(3)25-23)26-24(28)19-7-9-20(10-8-19)31(29,30)27-11-5-4-6-12-27/h7-10,13-15H,4-6,11-12H2,1-3H3,(H,25,26,28). The highest BCUT2D eigenvalue weighted by Crippen LogP contribution is 2.28. The van der Waals surface area contributed by atoms with Crippen LogP contribution in [0, 0.1) is 20.8 Å². The molecular weight excluding hydrogens is 410 g/mol. The molecule has 1 N–H and O–H groups in total. The molecule has 0 radical (unpaired) electrons. The van der Waals surface area contributed by atoms with Crippen molar-refractivity contribution in [2.45, 2.75) is 44.9 Å². The normalized spacial score (nSPS) is 15.2. The molecule has 3 aromatic rings. The van der Waals surface area contributed by atoms with Crippen molar-refractivity contribution in [3.8, 4) is 0 Å². The summed E-state index contributed by atoms with van der Waals surface area (Å²) in [6.07, 6.45) is 2.84. The number of nitrogens with zero attached hydrogens (tertiary/aromatic N) is 2. The molecule has 7 heteroatoms. The summed E-state index contributed by atoms with van der Waals surface area (Å²) in [5.74, 6) is -0.284. The van der Waals surface area contributed by atoms with Crippen LogP contribution in [0.1, 0.15) is 46.4 Å². The summed E-state index contributed by atoms with van der Waals surface area (Å²) in [6.45, 7) is 7.03. The number of fused-ring (bicyclic) bond motifs is 1. The van der Waals surface area contributed by atoms with E-state index in [4.69, 9.17) is 0 Å². The zero-order valence-corrected chi connectivity index (χ0v) is 18.9. The average Bonchev–Trinajstić information content (AvgIpc) is 2.75. The second kappa shape index (κ2) is 8.40. The van der Waals surface area contributed by atoms with E-state index >= 15 is 0 Å². The summed E-state index contributed by atoms with van der Waals surface area (Å²) >= 11 is 0. The highest BCUT2D eigenvalue weighted by atomic mass is 32.2. The molecule has 0 spiro atoms. The Morgan fingerprint density at radius 2 is 1.65 bits per heavy atom. The van der Waals surface area contributed by atoms with Crippen molar-refractivity contribution in [2.75, 3.05) is 18.4 Å². The fourth-order valence-electron chi connectivity index (χ4n) is 4.14. The van der Waals surface area contributed by atoms with Gasteiger partial charge < -0.3 is 5.32 Å². The summed E-state index contributed by atoms with van der Waals surface area (Å²) in [6, 6.07) is 12.1. The van der Waals surface area contributed by atoms with Gasteiger partial charge in [-0.25, -0.2) is 8.42 Å². The van der Waals surface area contributed by atoms with Crippen LogP contribution in [0.3, 0.4) is 0 Å². The van der Waals surface area contributed by atoms with E-state index in [1.165, 1.54) is 16.4 Å². The highest BCUT2D eigenvalue weighted by Gasteiger charge is 2.26. The van der Waals surface area contributed by atoms with Gasteiger partial charge in [-0.05, 0) is 75.6 Å². The molecule has 1 saturated heterocycles. The predicted octanol–water partition coefficient (Wildman–Crippen LogP) is 4.59. The smallest absolute Gasteiger partial charge is 0.255 e. The van der Waals surface area contributed by atoms with Crippen LogP contribution in [0.2, 0.25) is 0 Å². The Kier molecular flexibility index (Phi) is 5.81. The number of anilines is 1. The van der Waals surface area contributed by atoms with Gasteiger partial charge in [-0.2, -0.15) is 4.31 Å². The van der Waals surface area contributed by atoms with Crippen LogP contribution in [0.4, 0.5) is 5.69 Å². The molecule has 6 nitrogen and oxygen atoms in total. The lowest BCUT2D eigenvalue weighted by Crippen LogP contribution is -2.35. The number of benzene rings is 2. The third kappa shape index (κ3) is 4.34. The number of sulfonamides is 1. The van der Waals surface area contributed by atoms with E-state index in [9.17, 15) is 13.2 Å². The molecule has 1 aliphatic heterocycles. The third-order valence-electron chi connectivity index (χ3n) is 5.69. The number of rotatable bonds is 4. The van der Waals surface area contributed by atoms with Crippen LogP contribution in [0.15, 0.2) is 47.4 Å². The maximum absolute atomic E-state index is 12.9. The number of amides is 1. The van der Waals surface area contributed by atoms with Gasteiger partial charge in [-0.1, -0.05) is 18.1 Å². The Bertz CT molecular complexity index is 1250. The molecule has 1 aliphatic rings. The Morgan fingerprint density at radius 3 is 2.32 bits per heavy atom. The van der Waals surface area contributed by atoms with Crippen LogP contribution in [0.25, 0.3) is 10.9 Å². The van der Waals surface area contributed by atoms with Crippen molar-refractivity contribution < 1.29 is 13.2 Å². The Morgan fingerprint density at radius 1 is 0.968 bits per heavy atom. The molecule has 31 heavy (non-hydrogen) atoms. The summed E-state index contributed by atoms with van der Waals surface area (Å²) < 4.78 is 27.2. The van der Waals surface area contributed by atoms with E-state index in [0.29, 0.717) is 24.3 Å². The molecule has 4 rings (SSSR count). The van der Waals surface area contributed by atoms with Crippen LogP contribution in [-0.2, 0) is 10.0 Å². The molecule has 1 amide bonds. The lowest BCUT2D eigenvalue weighted by Gasteiger charge is -2.25. The number of piperidine rings is 1. The Balaban J connectivity index is 1.60. The van der Waals surface area contributed by atoms with Gasteiger partial charge in [0, 0.05) is 29.7 Å². The van der Waals surface area contributed by atoms with Crippen LogP contribution in [-0.4, -0.2) is 36.7 Å². The monoisotopic (exact) mass is 437 g/mol. The predicted molar refractivity (Wildman–Crippen MR) is 123 cm³/mol. The van der Waals surface area contributed by atoms with Gasteiger partial charge in [0.05, 0.1) is 16.1 Å². The average molecular weight is 438 g/mol. The number of nitrogens with one attached hydrogen (secondary N) is 1. The molecule has 1 aromatic heterocycles. The molecule has 2 heterocycles. The number of carbonyl (C=O) groups excluding carboxylic acids is 1. The first kappa shape index (κ1) is 21.5. The zero-order valence-electron chi connectivity index (χ0n) is 18.1. The first-order valence-electron chi connectivity index (χ1n) is 10.6. The molecule has 0 bridgehead atoms. The van der Waals surface area contributed by atoms with E-state index in [1.807, 2.05) is 32.9 Å². The fourth-order valence-corrected chi connectivity index (χ4v) is 5.66. The SMILES string of the molecule is Cc1cc(C)c2nc(C)cc(NC(=O)c3ccc(S(=O)(=O)N4CCCCC4)cc3)c2c1. The van der Waals surface area contributed by atoms with E-state index in [-0.39, 0.29) is 10.8 Å². The molecule has 0 unspecified atom stereocenters. The number of carbonyl (C=O) groups is 1. The van der Waals surface area contributed by atoms with E-state index < -0.39 is 10.0 Å². The van der Waals surface area contributed by atoms with Gasteiger partial charge in [0.2, 0.25) is 10.0 Å². The lowest BCUT2D eigenvalue weighted by molar-refractivity contribution is 0.102. The minimum Gasteiger partial charge on any atom is -0.321 e. The number of hydrogen-bond acceptors (Lipinski definition) is 4. The fraction of sp³-hybridized carbons (Fsp3) is 0.333. The number of hydrogen-bond donors (Lipinski definition) is 1. The van der Waals surface area contributed by atoms with E-state index in [2.05, 4.69) is 16.4 Å². The summed E-state index contributed by atoms with van der Waals surface area (Å²) in [7, 11) is -3.51. The minimum atomic E-state index is -3.51. The zero-order chi connectivity index (χ0) is 22.2. The molecule has 1 fully saturated rings. The number of pyridine rings is 1. The van der Waals surface area contributed by atoms with Crippen LogP contribution < -0.4 is 5.32 Å². The van der Waals surface area contributed by atoms with Crippen LogP contribution in [0.5, 0.6) is 0 Å². The van der Waals surface area contributed by atoms with Crippen molar-refractivity contribution in [2.24, 2.45) is 0 Å². The van der Waals surface area contributed by atoms with Crippen molar-refractivity contribution in [3.63, 3.8) is 0 Å². The van der Waals surface area contributed by atoms with Gasteiger partial charge in [-0.3, -0.25) is 9.78 Å². The van der Waals surface area contributed by atoms with Crippen molar-refractivity contribution in [1.82, 2.24) is 9.29 Å². The van der Waals surface area contributed by atoms with Gasteiger partial charge in [-0.15, -0.1) is 0 Å². The van der Waals surface area contributed by atoms with Gasteiger partial charge >= 0.3 is 0 Å². The summed E-state index contributed by atoms with van der Waals surface area (Å²) in [4.78, 5) is 17.8. The molecule has 2 aromatic carbocycles. The quantitative estimate of drug-likeness (QED) is 0.648. The first-order chi connectivity index (χ1) is 14.8. The Hall–Kier alpha value is -2.77. The maximum atomic E-state index is 12.9. The first-order valence-corrected chi connectivity index (χ1v) is 12.0. The topological polar surface area (TPSA) is 79.4 Å². The van der Waals surface area contributed by atoms with Gasteiger partial charge in [0.1, 0.15) is 0 Å². The highest BCUT2D eigenvalue weighted by molar-refractivity contribution is 7.89. The number of aromatic nitrogens is 1. The largest absolute Gasteiger partial charge is 0.321 e. The van der Waals surface area contributed by atoms with E-state index in [0.717, 1.165) is 47.0 Å². The van der Waals surface area contributed by atoms with Crippen LogP contribution >= 0.6 is 0 Å². The maximum Gasteiger partial charge on any atom is 0.255 e. The minimum absolute atomic E-state index is 0.224. The second-order valence-electron chi connectivity index (χ2n) is 8.23. The van der Waals surface area contributed by atoms with Crippen molar-refractivity contribution in [3.05, 3.63) is 64.8 Å². The van der Waals surface area contributed by atoms with Crippen molar-refractivity contribution >= 4 is 32.5 Å². The lowest BCUT2D eigenvalue weighted by atomic mass is 10.0. The summed E-state index contributed by atoms with van der Waals surface area (Å²) in [5.41, 5.74) is 4.94. The summed E-state index contributed by atoms with van der Waals surface area (Å²) in [5, 5.41) is 3.87.